The van der Waals surface area contributed by atoms with Crippen LogP contribution in [0.15, 0.2) is 58.8 Å². The Hall–Kier alpha value is -2.45. The third-order valence-corrected chi connectivity index (χ3v) is 5.37. The van der Waals surface area contributed by atoms with Gasteiger partial charge in [0.25, 0.3) is 0 Å². The number of hydrogen-bond donors (Lipinski definition) is 1. The minimum atomic E-state index is -0.370. The van der Waals surface area contributed by atoms with E-state index in [1.807, 2.05) is 31.2 Å². The van der Waals surface area contributed by atoms with Crippen molar-refractivity contribution >= 4 is 17.5 Å². The minimum absolute atomic E-state index is 0.0335. The molecule has 0 saturated heterocycles. The summed E-state index contributed by atoms with van der Waals surface area (Å²) in [5, 5.41) is 13.9. The maximum Gasteiger partial charge on any atom is 0.158 e. The number of thioether (sulfide) groups is 1. The highest BCUT2D eigenvalue weighted by molar-refractivity contribution is 8.03. The number of carbonyl (C=O) groups excluding carboxylic acids is 1. The second-order valence-electron chi connectivity index (χ2n) is 6.38. The number of ether oxygens (including phenoxy) is 1. The van der Waals surface area contributed by atoms with Gasteiger partial charge in [-0.2, -0.15) is 5.26 Å². The number of allylic oxidation sites excluding steroid dienone is 3. The average Bonchev–Trinajstić information content (AvgIpc) is 2.66. The maximum absolute atomic E-state index is 12.3. The summed E-state index contributed by atoms with van der Waals surface area (Å²) in [6.07, 6.45) is 3.89. The van der Waals surface area contributed by atoms with E-state index in [1.54, 1.807) is 13.0 Å². The van der Waals surface area contributed by atoms with Gasteiger partial charge in [-0.25, -0.2) is 0 Å². The molecule has 0 aromatic heterocycles. The SMILES string of the molecule is C=CCSC1=C(C#N)[C@@H](c2ccc(OCCCC)cc2)C(C(C)=O)=C(C)N1. The predicted molar refractivity (Wildman–Crippen MR) is 111 cm³/mol. The molecule has 1 aliphatic heterocycles. The van der Waals surface area contributed by atoms with Crippen LogP contribution in [0.5, 0.6) is 5.75 Å². The van der Waals surface area contributed by atoms with Crippen molar-refractivity contribution in [3.8, 4) is 11.8 Å². The number of benzene rings is 1. The molecule has 0 aliphatic carbocycles. The van der Waals surface area contributed by atoms with Crippen molar-refractivity contribution in [2.24, 2.45) is 0 Å². The molecule has 0 saturated carbocycles. The fraction of sp³-hybridized carbons (Fsp3) is 0.364. The largest absolute Gasteiger partial charge is 0.494 e. The van der Waals surface area contributed by atoms with E-state index in [0.29, 0.717) is 23.5 Å². The Morgan fingerprint density at radius 3 is 2.67 bits per heavy atom. The Bertz CT molecular complexity index is 801. The van der Waals surface area contributed by atoms with Gasteiger partial charge in [-0.05, 0) is 38.0 Å². The number of hydrogen-bond acceptors (Lipinski definition) is 5. The molecule has 0 fully saturated rings. The molecule has 0 amide bonds. The van der Waals surface area contributed by atoms with Crippen molar-refractivity contribution < 1.29 is 9.53 Å². The van der Waals surface area contributed by atoms with Crippen LogP contribution < -0.4 is 10.1 Å². The van der Waals surface area contributed by atoms with Crippen molar-refractivity contribution in [3.63, 3.8) is 0 Å². The molecule has 1 atom stereocenters. The van der Waals surface area contributed by atoms with Crippen molar-refractivity contribution in [2.75, 3.05) is 12.4 Å². The molecule has 5 heteroatoms. The standard InChI is InChI=1S/C22H26N2O2S/c1-5-7-12-26-18-10-8-17(9-11-18)21-19(14-23)22(27-13-6-2)24-15(3)20(21)16(4)25/h6,8-11,21,24H,2,5,7,12-13H2,1,3-4H3/t21-/m1/s1. The Balaban J connectivity index is 2.42. The first-order valence-electron chi connectivity index (χ1n) is 9.12. The van der Waals surface area contributed by atoms with Gasteiger partial charge in [0.15, 0.2) is 5.78 Å². The topological polar surface area (TPSA) is 62.1 Å². The van der Waals surface area contributed by atoms with E-state index in [2.05, 4.69) is 24.9 Å². The zero-order valence-electron chi connectivity index (χ0n) is 16.2. The van der Waals surface area contributed by atoms with Crippen LogP contribution in [-0.4, -0.2) is 18.1 Å². The number of dihydropyridines is 1. The molecule has 4 nitrogen and oxygen atoms in total. The lowest BCUT2D eigenvalue weighted by Crippen LogP contribution is -2.27. The highest BCUT2D eigenvalue weighted by Gasteiger charge is 2.32. The number of nitriles is 1. The van der Waals surface area contributed by atoms with Gasteiger partial charge in [-0.15, -0.1) is 18.3 Å². The molecule has 0 unspecified atom stereocenters. The summed E-state index contributed by atoms with van der Waals surface area (Å²) in [6, 6.07) is 10.0. The van der Waals surface area contributed by atoms with Gasteiger partial charge >= 0.3 is 0 Å². The summed E-state index contributed by atoms with van der Waals surface area (Å²) in [7, 11) is 0. The number of nitrogens with one attached hydrogen (secondary N) is 1. The summed E-state index contributed by atoms with van der Waals surface area (Å²) in [6.45, 7) is 9.98. The molecule has 0 bridgehead atoms. The first-order chi connectivity index (χ1) is 13.0. The van der Waals surface area contributed by atoms with Crippen LogP contribution in [-0.2, 0) is 4.79 Å². The molecule has 1 heterocycles. The number of nitrogens with zero attached hydrogens (tertiary/aromatic N) is 1. The van der Waals surface area contributed by atoms with Gasteiger partial charge < -0.3 is 10.1 Å². The molecular formula is C22H26N2O2S. The average molecular weight is 383 g/mol. The Kier molecular flexibility index (Phi) is 7.75. The lowest BCUT2D eigenvalue weighted by molar-refractivity contribution is -0.113. The Morgan fingerprint density at radius 2 is 2.11 bits per heavy atom. The molecule has 2 rings (SSSR count). The first-order valence-corrected chi connectivity index (χ1v) is 10.1. The summed E-state index contributed by atoms with van der Waals surface area (Å²) < 4.78 is 5.73. The van der Waals surface area contributed by atoms with Crippen molar-refractivity contribution in [3.05, 3.63) is 64.4 Å². The number of unbranched alkanes of at least 4 members (excludes halogenated alkanes) is 1. The van der Waals surface area contributed by atoms with Crippen LogP contribution in [0.3, 0.4) is 0 Å². The van der Waals surface area contributed by atoms with E-state index in [-0.39, 0.29) is 11.7 Å². The summed E-state index contributed by atoms with van der Waals surface area (Å²) in [4.78, 5) is 12.3. The van der Waals surface area contributed by atoms with Crippen molar-refractivity contribution in [2.45, 2.75) is 39.5 Å². The quantitative estimate of drug-likeness (QED) is 0.477. The second-order valence-corrected chi connectivity index (χ2v) is 7.41. The van der Waals surface area contributed by atoms with E-state index >= 15 is 0 Å². The van der Waals surface area contributed by atoms with Crippen LogP contribution in [0, 0.1) is 11.3 Å². The van der Waals surface area contributed by atoms with Gasteiger partial charge in [0.2, 0.25) is 0 Å². The smallest absolute Gasteiger partial charge is 0.158 e. The van der Waals surface area contributed by atoms with Gasteiger partial charge in [0.1, 0.15) is 5.75 Å². The fourth-order valence-electron chi connectivity index (χ4n) is 3.06. The molecule has 1 aliphatic rings. The number of carbonyl (C=O) groups is 1. The molecule has 0 spiro atoms. The monoisotopic (exact) mass is 382 g/mol. The van der Waals surface area contributed by atoms with E-state index in [4.69, 9.17) is 4.74 Å². The number of ketones is 1. The van der Waals surface area contributed by atoms with Crippen LogP contribution in [0.4, 0.5) is 0 Å². The van der Waals surface area contributed by atoms with Gasteiger partial charge in [-0.3, -0.25) is 4.79 Å². The van der Waals surface area contributed by atoms with E-state index in [1.165, 1.54) is 11.8 Å². The molecule has 1 N–H and O–H groups in total. The van der Waals surface area contributed by atoms with E-state index < -0.39 is 0 Å². The predicted octanol–water partition coefficient (Wildman–Crippen LogP) is 5.07. The molecule has 1 aromatic rings. The maximum atomic E-state index is 12.3. The summed E-state index contributed by atoms with van der Waals surface area (Å²) >= 11 is 1.52. The molecule has 142 valence electrons. The first kappa shape index (κ1) is 20.9. The minimum Gasteiger partial charge on any atom is -0.494 e. The lowest BCUT2D eigenvalue weighted by atomic mass is 9.81. The third-order valence-electron chi connectivity index (χ3n) is 4.35. The van der Waals surface area contributed by atoms with Crippen molar-refractivity contribution in [1.82, 2.24) is 5.32 Å². The molecule has 27 heavy (non-hydrogen) atoms. The Morgan fingerprint density at radius 1 is 1.41 bits per heavy atom. The summed E-state index contributed by atoms with van der Waals surface area (Å²) in [5.41, 5.74) is 2.91. The fourth-order valence-corrected chi connectivity index (χ4v) is 3.89. The zero-order valence-corrected chi connectivity index (χ0v) is 17.0. The van der Waals surface area contributed by atoms with Gasteiger partial charge in [0, 0.05) is 17.0 Å². The van der Waals surface area contributed by atoms with Crippen LogP contribution >= 0.6 is 11.8 Å². The van der Waals surface area contributed by atoms with Crippen LogP contribution in [0.25, 0.3) is 0 Å². The van der Waals surface area contributed by atoms with Crippen LogP contribution in [0.1, 0.15) is 45.1 Å². The zero-order chi connectivity index (χ0) is 19.8. The second kappa shape index (κ2) is 10.0. The lowest BCUT2D eigenvalue weighted by Gasteiger charge is -2.29. The highest BCUT2D eigenvalue weighted by atomic mass is 32.2. The Labute approximate surface area is 166 Å². The number of rotatable bonds is 9. The summed E-state index contributed by atoms with van der Waals surface area (Å²) in [5.74, 6) is 1.09. The normalized spacial score (nSPS) is 16.6. The number of Topliss-reactive ketones (excluding diaryl/α,β-unsaturated/α-hetero) is 1. The third kappa shape index (κ3) is 5.05. The molecular weight excluding hydrogens is 356 g/mol. The highest BCUT2D eigenvalue weighted by Crippen LogP contribution is 2.41. The van der Waals surface area contributed by atoms with Gasteiger partial charge in [0.05, 0.1) is 29.2 Å². The van der Waals surface area contributed by atoms with E-state index in [9.17, 15) is 10.1 Å². The molecule has 0 radical (unpaired) electrons. The van der Waals surface area contributed by atoms with Crippen LogP contribution in [0.2, 0.25) is 0 Å². The van der Waals surface area contributed by atoms with Crippen molar-refractivity contribution in [1.29, 1.82) is 5.26 Å². The van der Waals surface area contributed by atoms with Gasteiger partial charge in [-0.1, -0.05) is 31.6 Å². The van der Waals surface area contributed by atoms with E-state index in [0.717, 1.165) is 34.9 Å². The molecule has 1 aromatic carbocycles.